The number of fused-ring (bicyclic) bond motifs is 23. The smallest absolute Gasteiger partial charge is 1.00 e. The number of alkyl halides is 2. The monoisotopic (exact) mass is 1170 g/mol. The van der Waals surface area contributed by atoms with Crippen LogP contribution in [0, 0.1) is 0 Å². The van der Waals surface area contributed by atoms with Gasteiger partial charge in [-0.15, -0.1) is 0 Å². The molecule has 7 heterocycles. The number of benzene rings is 8. The summed E-state index contributed by atoms with van der Waals surface area (Å²) >= 11 is 6.92. The first-order chi connectivity index (χ1) is 38.2. The summed E-state index contributed by atoms with van der Waals surface area (Å²) in [6.07, 6.45) is 11.3. The number of carbonyl (C=O) groups is 2. The molecule has 0 radical (unpaired) electrons. The average Bonchev–Trinajstić information content (AvgIpc) is 4.28. The predicted octanol–water partition coefficient (Wildman–Crippen LogP) is 12.8. The largest absolute Gasteiger partial charge is 1.00 e. The second kappa shape index (κ2) is 19.6. The van der Waals surface area contributed by atoms with Gasteiger partial charge >= 0.3 is 29.6 Å². The first kappa shape index (κ1) is 50.2. The van der Waals surface area contributed by atoms with Gasteiger partial charge in [0, 0.05) is 101 Å². The second-order valence-corrected chi connectivity index (χ2v) is 23.5. The number of carbonyl (C=O) groups excluding carboxylic acids is 2. The maximum Gasteiger partial charge on any atom is 1.00 e. The molecule has 0 unspecified atom stereocenters. The van der Waals surface area contributed by atoms with Crippen molar-refractivity contribution in [2.75, 3.05) is 14.2 Å². The molecule has 386 valence electrons. The molecule has 13 heteroatoms. The molecular weight excluding hydrogens is 1120 g/mol. The van der Waals surface area contributed by atoms with E-state index in [1.54, 1.807) is 14.2 Å². The summed E-state index contributed by atoms with van der Waals surface area (Å²) in [5.74, 6) is 1.85. The first-order valence-electron chi connectivity index (χ1n) is 26.7. The summed E-state index contributed by atoms with van der Waals surface area (Å²) in [5.41, 5.74) is 15.4. The van der Waals surface area contributed by atoms with Crippen LogP contribution in [0.2, 0.25) is 0 Å². The Bertz CT molecular complexity index is 4550. The molecule has 4 aromatic heterocycles. The fourth-order valence-corrected chi connectivity index (χ4v) is 15.1. The van der Waals surface area contributed by atoms with Crippen LogP contribution in [0.15, 0.2) is 170 Å². The van der Waals surface area contributed by atoms with E-state index >= 15 is 0 Å². The third kappa shape index (κ3) is 7.87. The molecule has 4 atom stereocenters. The number of nitrogens with one attached hydrogen (secondary N) is 2. The third-order valence-corrected chi connectivity index (χ3v) is 18.2. The van der Waals surface area contributed by atoms with E-state index in [9.17, 15) is 9.59 Å². The van der Waals surface area contributed by atoms with Gasteiger partial charge in [-0.25, -0.2) is 0 Å². The molecule has 12 aromatic rings. The molecule has 2 amide bonds. The molecule has 0 saturated heterocycles. The average molecular weight is 1180 g/mol. The van der Waals surface area contributed by atoms with Crippen LogP contribution in [0.5, 0.6) is 11.5 Å². The summed E-state index contributed by atoms with van der Waals surface area (Å²) < 4.78 is 15.7. The zero-order valence-electron chi connectivity index (χ0n) is 44.9. The van der Waals surface area contributed by atoms with Crippen molar-refractivity contribution >= 4 is 131 Å². The van der Waals surface area contributed by atoms with Crippen LogP contribution in [0.3, 0.4) is 0 Å². The summed E-state index contributed by atoms with van der Waals surface area (Å²) in [6, 6.07) is 50.6. The normalized spacial score (nSPS) is 18.6. The van der Waals surface area contributed by atoms with Crippen molar-refractivity contribution < 1.29 is 50.0 Å². The minimum atomic E-state index is 0. The molecule has 8 aromatic carbocycles. The number of amides is 2. The molecular formula is C66H53Br2N6NaO4. The van der Waals surface area contributed by atoms with Crippen LogP contribution >= 0.6 is 31.9 Å². The minimum Gasteiger partial charge on any atom is -1.00 e. The molecule has 2 bridgehead atoms. The van der Waals surface area contributed by atoms with E-state index in [-0.39, 0.29) is 48.8 Å². The summed E-state index contributed by atoms with van der Waals surface area (Å²) in [6.45, 7) is 2.34. The number of hydrogen-bond acceptors (Lipinski definition) is 4. The number of para-hydroxylation sites is 4. The number of allylic oxidation sites excluding steroid dienone is 4. The number of nitrogens with zero attached hydrogens (tertiary/aromatic N) is 4. The number of methoxy groups -OCH3 is 2. The van der Waals surface area contributed by atoms with Crippen molar-refractivity contribution in [1.82, 2.24) is 28.9 Å². The number of H-pyrrole nitrogens is 2. The van der Waals surface area contributed by atoms with E-state index in [0.29, 0.717) is 41.9 Å². The van der Waals surface area contributed by atoms with E-state index in [0.717, 1.165) is 94.7 Å². The molecule has 0 fully saturated rings. The Morgan fingerprint density at radius 3 is 1.41 bits per heavy atom. The topological polar surface area (TPSA) is 101 Å². The summed E-state index contributed by atoms with van der Waals surface area (Å²) in [4.78, 5) is 40.6. The quantitative estimate of drug-likeness (QED) is 0.0984. The van der Waals surface area contributed by atoms with Crippen molar-refractivity contribution in [2.45, 2.75) is 60.8 Å². The van der Waals surface area contributed by atoms with Gasteiger partial charge in [-0.2, -0.15) is 0 Å². The Hall–Kier alpha value is -7.06. The van der Waals surface area contributed by atoms with Crippen LogP contribution in [0.25, 0.3) is 87.2 Å². The summed E-state index contributed by atoms with van der Waals surface area (Å²) in [7, 11) is 3.34. The summed E-state index contributed by atoms with van der Waals surface area (Å²) in [5, 5.41) is 9.19. The van der Waals surface area contributed by atoms with Crippen LogP contribution in [-0.4, -0.2) is 64.6 Å². The molecule has 2 N–H and O–H groups in total. The Kier molecular flexibility index (Phi) is 12.5. The minimum absolute atomic E-state index is 0. The Labute approximate surface area is 495 Å². The van der Waals surface area contributed by atoms with Gasteiger partial charge in [0.2, 0.25) is 0 Å². The van der Waals surface area contributed by atoms with E-state index in [4.69, 9.17) is 9.47 Å². The van der Waals surface area contributed by atoms with E-state index in [1.165, 1.54) is 50.2 Å². The molecule has 2 aliphatic carbocycles. The number of rotatable bonds is 6. The van der Waals surface area contributed by atoms with Crippen LogP contribution in [0.4, 0.5) is 0 Å². The third-order valence-electron chi connectivity index (χ3n) is 16.9. The fourth-order valence-electron chi connectivity index (χ4n) is 13.5. The molecule has 3 aliphatic heterocycles. The molecule has 79 heavy (non-hydrogen) atoms. The van der Waals surface area contributed by atoms with Gasteiger partial charge < -0.3 is 39.8 Å². The maximum absolute atomic E-state index is 14.3. The molecule has 0 spiro atoms. The van der Waals surface area contributed by atoms with Gasteiger partial charge in [0.15, 0.2) is 0 Å². The van der Waals surface area contributed by atoms with Gasteiger partial charge in [-0.1, -0.05) is 153 Å². The van der Waals surface area contributed by atoms with E-state index in [1.807, 2.05) is 64.4 Å². The fraction of sp³-hybridized carbons (Fsp3) is 0.182. The van der Waals surface area contributed by atoms with Crippen molar-refractivity contribution in [3.05, 3.63) is 203 Å². The van der Waals surface area contributed by atoms with Crippen LogP contribution < -0.4 is 39.0 Å². The maximum atomic E-state index is 14.3. The van der Waals surface area contributed by atoms with Crippen molar-refractivity contribution in [2.24, 2.45) is 0 Å². The van der Waals surface area contributed by atoms with Gasteiger partial charge in [0.05, 0.1) is 59.5 Å². The number of aromatic nitrogens is 4. The molecule has 0 saturated carbocycles. The van der Waals surface area contributed by atoms with Crippen LogP contribution in [0.1, 0.15) is 69.3 Å². The predicted molar refractivity (Wildman–Crippen MR) is 323 cm³/mol. The SMILES string of the molecule is Br[C@@H]1C=C[C@H](Br)C1.COc1ccc(CN2Cc3c(c4c5ccccc5[nH]c4c4[nH]c5ccccc5c34)C2=O)cc1.COc1ccc(CN2Cc3c(c4c5ccccc5n5c4c4c3c3ccccc3n4[C@H]3C=C[C@@H]5C3)C2=O)cc1.[H-].[Na+]. The van der Waals surface area contributed by atoms with Crippen molar-refractivity contribution in [3.8, 4) is 11.5 Å². The standard InChI is InChI=1S/C33H25N3O2.C28H21N3O2.C5H6Br2.Na.H/c1-38-22-14-10-19(11-15-22)17-34-18-25-28-23-6-2-4-8-26(23)35-20-12-13-21(16-20)36-27-9-5-3-7-24(27)29(30(25)33(34)37)32(36)31(28)35;1-33-17-12-10-16(11-13-17)14-31-15-20-23-18-6-2-4-8-21(18)29-26(23)27-24(25(20)28(31)32)19-7-3-5-9-22(19)30-27;6-4-1-2-5(7)3-4;;/h2-15,20-21H,16-18H2,1H3;2-13,29-30H,14-15H2,1H3;1-2,4-5H,3H2;;/q;;;+1;-1/t20-,21+;;4-,5+;;/m0..../s1. The first-order valence-corrected chi connectivity index (χ1v) is 28.5. The molecule has 10 nitrogen and oxygen atoms in total. The van der Waals surface area contributed by atoms with Gasteiger partial charge in [-0.05, 0) is 83.6 Å². The Morgan fingerprint density at radius 1 is 0.494 bits per heavy atom. The van der Waals surface area contributed by atoms with Crippen molar-refractivity contribution in [1.29, 1.82) is 0 Å². The van der Waals surface area contributed by atoms with Crippen molar-refractivity contribution in [3.63, 3.8) is 0 Å². The van der Waals surface area contributed by atoms with E-state index < -0.39 is 0 Å². The molecule has 5 aliphatic rings. The molecule has 17 rings (SSSR count). The van der Waals surface area contributed by atoms with Gasteiger partial charge in [-0.3, -0.25) is 9.59 Å². The van der Waals surface area contributed by atoms with Gasteiger partial charge in [0.25, 0.3) is 11.8 Å². The van der Waals surface area contributed by atoms with E-state index in [2.05, 4.69) is 166 Å². The zero-order valence-corrected chi connectivity index (χ0v) is 49.1. The van der Waals surface area contributed by atoms with Crippen LogP contribution in [-0.2, 0) is 26.2 Å². The number of hydrogen-bond donors (Lipinski definition) is 2. The van der Waals surface area contributed by atoms with Gasteiger partial charge in [0.1, 0.15) is 11.5 Å². The number of halogens is 2. The number of ether oxygens (including phenoxy) is 2. The number of aromatic amines is 2. The Morgan fingerprint density at radius 2 is 0.911 bits per heavy atom. The Balaban J connectivity index is 0.000000133. The zero-order chi connectivity index (χ0) is 52.5. The second-order valence-electron chi connectivity index (χ2n) is 21.2.